The number of methoxy groups -OCH3 is 1. The van der Waals surface area contributed by atoms with Gasteiger partial charge in [0.15, 0.2) is 5.11 Å². The number of alkyl halides is 3. The Morgan fingerprint density at radius 2 is 1.80 bits per heavy atom. The summed E-state index contributed by atoms with van der Waals surface area (Å²) in [5.74, 6) is -0.573. The fraction of sp³-hybridized carbons (Fsp3) is 0.100. The Balaban J connectivity index is 1.86. The molecule has 3 rings (SSSR count). The Morgan fingerprint density at radius 1 is 1.10 bits per heavy atom. The summed E-state index contributed by atoms with van der Waals surface area (Å²) in [7, 11) is 1.25. The van der Waals surface area contributed by atoms with E-state index < -0.39 is 17.7 Å². The molecular formula is C20H14ClF3N2O2S2. The van der Waals surface area contributed by atoms with Gasteiger partial charge in [0.2, 0.25) is 0 Å². The van der Waals surface area contributed by atoms with E-state index in [1.807, 2.05) is 30.3 Å². The first-order chi connectivity index (χ1) is 14.2. The second-order valence-electron chi connectivity index (χ2n) is 5.98. The first-order valence-corrected chi connectivity index (χ1v) is 10.0. The van der Waals surface area contributed by atoms with Crippen molar-refractivity contribution in [3.8, 4) is 10.4 Å². The number of thiophene rings is 1. The van der Waals surface area contributed by atoms with Gasteiger partial charge in [0, 0.05) is 4.88 Å². The number of halogens is 4. The van der Waals surface area contributed by atoms with Crippen LogP contribution in [0.1, 0.15) is 15.9 Å². The molecule has 0 amide bonds. The highest BCUT2D eigenvalue weighted by Gasteiger charge is 2.31. The summed E-state index contributed by atoms with van der Waals surface area (Å²) >= 11 is 12.5. The smallest absolute Gasteiger partial charge is 0.416 e. The maximum Gasteiger partial charge on any atom is 0.416 e. The number of hydrogen-bond acceptors (Lipinski definition) is 4. The molecule has 0 saturated carbocycles. The third-order valence-electron chi connectivity index (χ3n) is 3.96. The van der Waals surface area contributed by atoms with Crippen molar-refractivity contribution < 1.29 is 22.7 Å². The van der Waals surface area contributed by atoms with Crippen LogP contribution in [0.25, 0.3) is 10.4 Å². The van der Waals surface area contributed by atoms with E-state index >= 15 is 0 Å². The van der Waals surface area contributed by atoms with E-state index in [1.54, 1.807) is 6.07 Å². The Hall–Kier alpha value is -2.62. The van der Waals surface area contributed by atoms with Gasteiger partial charge < -0.3 is 15.4 Å². The number of rotatable bonds is 4. The van der Waals surface area contributed by atoms with Crippen LogP contribution in [0.15, 0.2) is 54.6 Å². The largest absolute Gasteiger partial charge is 0.465 e. The number of anilines is 2. The quantitative estimate of drug-likeness (QED) is 0.329. The number of hydrogen-bond donors (Lipinski definition) is 2. The van der Waals surface area contributed by atoms with Crippen molar-refractivity contribution in [2.45, 2.75) is 6.18 Å². The fourth-order valence-electron chi connectivity index (χ4n) is 2.54. The lowest BCUT2D eigenvalue weighted by atomic mass is 10.1. The Kier molecular flexibility index (Phi) is 6.64. The van der Waals surface area contributed by atoms with Crippen LogP contribution in [0.4, 0.5) is 23.9 Å². The zero-order valence-electron chi connectivity index (χ0n) is 15.3. The highest BCUT2D eigenvalue weighted by Crippen LogP contribution is 2.37. The molecule has 0 radical (unpaired) electrons. The van der Waals surface area contributed by atoms with Crippen LogP contribution in [0, 0.1) is 0 Å². The lowest BCUT2D eigenvalue weighted by Gasteiger charge is -2.14. The van der Waals surface area contributed by atoms with E-state index in [4.69, 9.17) is 28.6 Å². The number of thiocarbonyl (C=S) groups is 1. The van der Waals surface area contributed by atoms with Crippen LogP contribution < -0.4 is 10.6 Å². The minimum Gasteiger partial charge on any atom is -0.465 e. The molecule has 0 unspecified atom stereocenters. The molecule has 2 N–H and O–H groups in total. The molecule has 0 aliphatic heterocycles. The van der Waals surface area contributed by atoms with Gasteiger partial charge >= 0.3 is 12.1 Å². The van der Waals surface area contributed by atoms with Gasteiger partial charge in [-0.05, 0) is 42.0 Å². The molecule has 2 aromatic carbocycles. The SMILES string of the molecule is COC(=O)c1cc(-c2ccccc2)sc1NC(=S)Nc1cc(C(F)(F)F)ccc1Cl. The monoisotopic (exact) mass is 470 g/mol. The molecule has 0 aliphatic carbocycles. The average molecular weight is 471 g/mol. The molecule has 0 fully saturated rings. The van der Waals surface area contributed by atoms with Crippen LogP contribution >= 0.6 is 35.2 Å². The first-order valence-electron chi connectivity index (χ1n) is 8.41. The molecule has 4 nitrogen and oxygen atoms in total. The van der Waals surface area contributed by atoms with E-state index in [0.29, 0.717) is 5.00 Å². The van der Waals surface area contributed by atoms with Crippen molar-refractivity contribution in [1.82, 2.24) is 0 Å². The summed E-state index contributed by atoms with van der Waals surface area (Å²) in [5.41, 5.74) is 0.263. The molecule has 3 aromatic rings. The van der Waals surface area contributed by atoms with Crippen LogP contribution in [0.2, 0.25) is 5.02 Å². The Morgan fingerprint density at radius 3 is 2.43 bits per heavy atom. The third-order valence-corrected chi connectivity index (χ3v) is 5.60. The topological polar surface area (TPSA) is 50.4 Å². The molecule has 0 aliphatic rings. The van der Waals surface area contributed by atoms with Crippen LogP contribution in [0.3, 0.4) is 0 Å². The van der Waals surface area contributed by atoms with Crippen LogP contribution in [0.5, 0.6) is 0 Å². The van der Waals surface area contributed by atoms with Gasteiger partial charge in [-0.15, -0.1) is 11.3 Å². The number of ether oxygens (including phenoxy) is 1. The maximum atomic E-state index is 13.0. The average Bonchev–Trinajstić information content (AvgIpc) is 3.12. The predicted octanol–water partition coefficient (Wildman–Crippen LogP) is 6.68. The van der Waals surface area contributed by atoms with E-state index in [0.717, 1.165) is 28.6 Å². The summed E-state index contributed by atoms with van der Waals surface area (Å²) in [6.07, 6.45) is -4.52. The first kappa shape index (κ1) is 22.1. The summed E-state index contributed by atoms with van der Waals surface area (Å²) in [5, 5.41) is 5.93. The molecule has 1 aromatic heterocycles. The van der Waals surface area contributed by atoms with Crippen molar-refractivity contribution in [2.75, 3.05) is 17.7 Å². The molecule has 10 heteroatoms. The van der Waals surface area contributed by atoms with Crippen LogP contribution in [-0.2, 0) is 10.9 Å². The van der Waals surface area contributed by atoms with Gasteiger partial charge in [-0.2, -0.15) is 13.2 Å². The van der Waals surface area contributed by atoms with E-state index in [2.05, 4.69) is 10.6 Å². The maximum absolute atomic E-state index is 13.0. The molecule has 0 bridgehead atoms. The highest BCUT2D eigenvalue weighted by atomic mass is 35.5. The van der Waals surface area contributed by atoms with Crippen molar-refractivity contribution in [2.24, 2.45) is 0 Å². The van der Waals surface area contributed by atoms with Gasteiger partial charge in [0.1, 0.15) is 5.00 Å². The van der Waals surface area contributed by atoms with Gasteiger partial charge in [-0.25, -0.2) is 4.79 Å². The predicted molar refractivity (Wildman–Crippen MR) is 117 cm³/mol. The lowest BCUT2D eigenvalue weighted by molar-refractivity contribution is -0.137. The van der Waals surface area contributed by atoms with Crippen molar-refractivity contribution in [3.63, 3.8) is 0 Å². The van der Waals surface area contributed by atoms with Gasteiger partial charge in [-0.1, -0.05) is 41.9 Å². The molecule has 1 heterocycles. The number of carbonyl (C=O) groups is 1. The van der Waals surface area contributed by atoms with Gasteiger partial charge in [0.25, 0.3) is 0 Å². The van der Waals surface area contributed by atoms with E-state index in [-0.39, 0.29) is 21.4 Å². The molecular weight excluding hydrogens is 457 g/mol. The van der Waals surface area contributed by atoms with Crippen molar-refractivity contribution in [3.05, 3.63) is 70.7 Å². The minimum atomic E-state index is -4.52. The summed E-state index contributed by atoms with van der Waals surface area (Å²) in [4.78, 5) is 13.0. The lowest BCUT2D eigenvalue weighted by Crippen LogP contribution is -2.20. The molecule has 156 valence electrons. The number of nitrogens with one attached hydrogen (secondary N) is 2. The molecule has 0 spiro atoms. The van der Waals surface area contributed by atoms with E-state index in [9.17, 15) is 18.0 Å². The van der Waals surface area contributed by atoms with Crippen LogP contribution in [-0.4, -0.2) is 18.2 Å². The second kappa shape index (κ2) is 9.03. The summed E-state index contributed by atoms with van der Waals surface area (Å²) in [6, 6.07) is 13.9. The number of esters is 1. The van der Waals surface area contributed by atoms with E-state index in [1.165, 1.54) is 18.4 Å². The Labute approximate surface area is 184 Å². The summed E-state index contributed by atoms with van der Waals surface area (Å²) < 4.78 is 43.7. The van der Waals surface area contributed by atoms with Gasteiger partial charge in [-0.3, -0.25) is 0 Å². The number of benzene rings is 2. The second-order valence-corrected chi connectivity index (χ2v) is 7.85. The fourth-order valence-corrected chi connectivity index (χ4v) is 4.04. The zero-order valence-corrected chi connectivity index (χ0v) is 17.7. The van der Waals surface area contributed by atoms with Gasteiger partial charge in [0.05, 0.1) is 28.9 Å². The Bertz CT molecular complexity index is 1090. The molecule has 0 atom stereocenters. The molecule has 0 saturated heterocycles. The molecule has 30 heavy (non-hydrogen) atoms. The third kappa shape index (κ3) is 5.10. The summed E-state index contributed by atoms with van der Waals surface area (Å²) in [6.45, 7) is 0. The number of carbonyl (C=O) groups excluding carboxylic acids is 1. The minimum absolute atomic E-state index is 0.0107. The normalized spacial score (nSPS) is 11.1. The highest BCUT2D eigenvalue weighted by molar-refractivity contribution is 7.80. The standard InChI is InChI=1S/C20H14ClF3N2O2S2/c1-28-18(27)13-10-16(11-5-3-2-4-6-11)30-17(13)26-19(29)25-15-9-12(20(22,23)24)7-8-14(15)21/h2-10H,1H3,(H2,25,26,29). The van der Waals surface area contributed by atoms with Crippen molar-refractivity contribution in [1.29, 1.82) is 0 Å². The van der Waals surface area contributed by atoms with Crippen molar-refractivity contribution >= 4 is 56.9 Å². The zero-order chi connectivity index (χ0) is 21.9.